The lowest BCUT2D eigenvalue weighted by molar-refractivity contribution is 0.270. The summed E-state index contributed by atoms with van der Waals surface area (Å²) in [6.07, 6.45) is 2.50. The first kappa shape index (κ1) is 9.22. The number of aliphatic hydroxyl groups excluding tert-OH is 1. The van der Waals surface area contributed by atoms with E-state index in [-0.39, 0.29) is 5.57 Å². The molecule has 1 atom stereocenters. The van der Waals surface area contributed by atoms with Crippen molar-refractivity contribution < 1.29 is 5.11 Å². The van der Waals surface area contributed by atoms with Crippen molar-refractivity contribution >= 4 is 0 Å². The minimum atomic E-state index is -1.36. The molecule has 0 amide bonds. The molecular formula is C7H7N3O. The number of nitrogens with two attached hydrogens (primary N) is 1. The summed E-state index contributed by atoms with van der Waals surface area (Å²) in [4.78, 5) is 0. The third kappa shape index (κ3) is 3.04. The molecule has 0 spiro atoms. The van der Waals surface area contributed by atoms with Crippen molar-refractivity contribution in [1.29, 1.82) is 10.5 Å². The van der Waals surface area contributed by atoms with Crippen molar-refractivity contribution in [3.05, 3.63) is 23.9 Å². The number of rotatable bonds is 2. The maximum Gasteiger partial charge on any atom is 0.175 e. The molecule has 0 aliphatic rings. The maximum atomic E-state index is 8.82. The van der Waals surface area contributed by atoms with Gasteiger partial charge in [0.15, 0.2) is 6.10 Å². The van der Waals surface area contributed by atoms with Crippen LogP contribution >= 0.6 is 0 Å². The quantitative estimate of drug-likeness (QED) is 0.323. The van der Waals surface area contributed by atoms with Gasteiger partial charge >= 0.3 is 0 Å². The molecule has 4 nitrogen and oxygen atoms in total. The highest BCUT2D eigenvalue weighted by Crippen LogP contribution is 1.98. The van der Waals surface area contributed by atoms with Gasteiger partial charge in [-0.1, -0.05) is 0 Å². The first-order valence-electron chi connectivity index (χ1n) is 2.82. The number of aliphatic hydroxyl groups is 1. The highest BCUT2D eigenvalue weighted by molar-refractivity contribution is 5.32. The third-order valence-corrected chi connectivity index (χ3v) is 0.933. The number of hydrogen-bond acceptors (Lipinski definition) is 4. The molecule has 3 N–H and O–H groups in total. The van der Waals surface area contributed by atoms with E-state index in [9.17, 15) is 0 Å². The molecule has 0 aromatic carbocycles. The molecule has 0 aliphatic carbocycles. The fourth-order valence-corrected chi connectivity index (χ4v) is 0.418. The second kappa shape index (κ2) is 5.04. The van der Waals surface area contributed by atoms with Crippen LogP contribution in [0.25, 0.3) is 0 Å². The van der Waals surface area contributed by atoms with Crippen LogP contribution in [0.4, 0.5) is 0 Å². The summed E-state index contributed by atoms with van der Waals surface area (Å²) < 4.78 is 0. The second-order valence-electron chi connectivity index (χ2n) is 1.65. The number of allylic oxidation sites excluding steroid dienone is 2. The zero-order valence-corrected chi connectivity index (χ0v) is 5.73. The lowest BCUT2D eigenvalue weighted by atomic mass is 10.2. The Morgan fingerprint density at radius 1 is 1.55 bits per heavy atom. The van der Waals surface area contributed by atoms with Gasteiger partial charge in [-0.3, -0.25) is 0 Å². The molecule has 0 saturated heterocycles. The van der Waals surface area contributed by atoms with Crippen LogP contribution in [0.5, 0.6) is 0 Å². The van der Waals surface area contributed by atoms with Crippen LogP contribution < -0.4 is 5.73 Å². The van der Waals surface area contributed by atoms with Crippen molar-refractivity contribution in [1.82, 2.24) is 0 Å². The van der Waals surface area contributed by atoms with E-state index < -0.39 is 6.10 Å². The molecule has 4 heteroatoms. The van der Waals surface area contributed by atoms with E-state index in [0.29, 0.717) is 0 Å². The van der Waals surface area contributed by atoms with E-state index in [2.05, 4.69) is 0 Å². The predicted molar refractivity (Wildman–Crippen MR) is 38.6 cm³/mol. The summed E-state index contributed by atoms with van der Waals surface area (Å²) in [5.41, 5.74) is 4.95. The topological polar surface area (TPSA) is 93.8 Å². The van der Waals surface area contributed by atoms with Crippen LogP contribution in [0.2, 0.25) is 0 Å². The first-order chi connectivity index (χ1) is 5.26. The first-order valence-corrected chi connectivity index (χ1v) is 2.82. The van der Waals surface area contributed by atoms with E-state index in [1.165, 1.54) is 24.4 Å². The molecule has 0 fully saturated rings. The van der Waals surface area contributed by atoms with Crippen LogP contribution in [0, 0.1) is 22.7 Å². The minimum Gasteiger partial charge on any atom is -0.405 e. The zero-order valence-electron chi connectivity index (χ0n) is 5.73. The lowest BCUT2D eigenvalue weighted by Gasteiger charge is -1.94. The van der Waals surface area contributed by atoms with Gasteiger partial charge in [-0.25, -0.2) is 0 Å². The van der Waals surface area contributed by atoms with Gasteiger partial charge in [-0.05, 0) is 18.4 Å². The summed E-state index contributed by atoms with van der Waals surface area (Å²) in [5.74, 6) is 0. The molecule has 0 aromatic rings. The molecule has 11 heavy (non-hydrogen) atoms. The van der Waals surface area contributed by atoms with Crippen molar-refractivity contribution in [2.45, 2.75) is 6.10 Å². The second-order valence-corrected chi connectivity index (χ2v) is 1.65. The molecule has 0 heterocycles. The SMILES string of the molecule is N#CC(=CC=CN)C(O)C#N. The van der Waals surface area contributed by atoms with E-state index >= 15 is 0 Å². The third-order valence-electron chi connectivity index (χ3n) is 0.933. The molecule has 56 valence electrons. The van der Waals surface area contributed by atoms with Crippen molar-refractivity contribution in [3.8, 4) is 12.1 Å². The molecule has 1 unspecified atom stereocenters. The van der Waals surface area contributed by atoms with Crippen molar-refractivity contribution in [2.75, 3.05) is 0 Å². The Morgan fingerprint density at radius 3 is 2.55 bits per heavy atom. The molecule has 0 radical (unpaired) electrons. The van der Waals surface area contributed by atoms with E-state index in [1.54, 1.807) is 6.07 Å². The number of nitrogens with zero attached hydrogens (tertiary/aromatic N) is 2. The molecule has 0 aromatic heterocycles. The van der Waals surface area contributed by atoms with Gasteiger partial charge in [0, 0.05) is 0 Å². The molecule has 0 aliphatic heterocycles. The fraction of sp³-hybridized carbons (Fsp3) is 0.143. The molecule has 0 rings (SSSR count). The summed E-state index contributed by atoms with van der Waals surface area (Å²) in [6, 6.07) is 3.18. The Bertz CT molecular complexity index is 254. The largest absolute Gasteiger partial charge is 0.405 e. The van der Waals surface area contributed by atoms with Gasteiger partial charge in [0.2, 0.25) is 0 Å². The summed E-state index contributed by atoms with van der Waals surface area (Å²) in [6.45, 7) is 0. The number of nitriles is 2. The van der Waals surface area contributed by atoms with Crippen LogP contribution in [-0.4, -0.2) is 11.2 Å². The van der Waals surface area contributed by atoms with Crippen LogP contribution in [-0.2, 0) is 0 Å². The normalized spacial score (nSPS) is 13.9. The fourth-order valence-electron chi connectivity index (χ4n) is 0.418. The van der Waals surface area contributed by atoms with Crippen LogP contribution in [0.15, 0.2) is 23.9 Å². The number of hydrogen-bond donors (Lipinski definition) is 2. The standard InChI is InChI=1S/C7H7N3O/c8-3-1-2-6(4-9)7(11)5-10/h1-3,7,11H,8H2. The van der Waals surface area contributed by atoms with Gasteiger partial charge in [0.1, 0.15) is 0 Å². The monoisotopic (exact) mass is 149 g/mol. The minimum absolute atomic E-state index is 0.0193. The average molecular weight is 149 g/mol. The molecule has 0 saturated carbocycles. The Kier molecular flexibility index (Phi) is 4.22. The Morgan fingerprint density at radius 2 is 2.18 bits per heavy atom. The molecule has 0 bridgehead atoms. The Labute approximate surface area is 64.5 Å². The van der Waals surface area contributed by atoms with E-state index in [1.807, 2.05) is 0 Å². The maximum absolute atomic E-state index is 8.82. The van der Waals surface area contributed by atoms with E-state index in [0.717, 1.165) is 0 Å². The summed E-state index contributed by atoms with van der Waals surface area (Å²) in [5, 5.41) is 25.4. The van der Waals surface area contributed by atoms with Gasteiger partial charge in [-0.15, -0.1) is 0 Å². The van der Waals surface area contributed by atoms with Gasteiger partial charge in [0.25, 0.3) is 0 Å². The van der Waals surface area contributed by atoms with Crippen molar-refractivity contribution in [2.24, 2.45) is 5.73 Å². The Balaban J connectivity index is 4.46. The average Bonchev–Trinajstić information content (AvgIpc) is 2.05. The lowest BCUT2D eigenvalue weighted by Crippen LogP contribution is -2.04. The summed E-state index contributed by atoms with van der Waals surface area (Å²) in [7, 11) is 0. The van der Waals surface area contributed by atoms with Gasteiger partial charge < -0.3 is 10.8 Å². The summed E-state index contributed by atoms with van der Waals surface area (Å²) >= 11 is 0. The van der Waals surface area contributed by atoms with Gasteiger partial charge in [0.05, 0.1) is 17.7 Å². The molecular weight excluding hydrogens is 142 g/mol. The van der Waals surface area contributed by atoms with Crippen LogP contribution in [0.3, 0.4) is 0 Å². The van der Waals surface area contributed by atoms with E-state index in [4.69, 9.17) is 21.4 Å². The predicted octanol–water partition coefficient (Wildman–Crippen LogP) is -0.207. The Hall–Kier alpha value is -1.78. The highest BCUT2D eigenvalue weighted by atomic mass is 16.3. The zero-order chi connectivity index (χ0) is 8.69. The smallest absolute Gasteiger partial charge is 0.175 e. The highest BCUT2D eigenvalue weighted by Gasteiger charge is 2.06. The van der Waals surface area contributed by atoms with Crippen molar-refractivity contribution in [3.63, 3.8) is 0 Å². The van der Waals surface area contributed by atoms with Gasteiger partial charge in [-0.2, -0.15) is 10.5 Å². The van der Waals surface area contributed by atoms with Crippen LogP contribution in [0.1, 0.15) is 0 Å².